The molecular weight excluding hydrogens is 211 g/mol. The van der Waals surface area contributed by atoms with Crippen LogP contribution in [0.1, 0.15) is 59.8 Å². The zero-order valence-corrected chi connectivity index (χ0v) is 12.5. The average Bonchev–Trinajstić information content (AvgIpc) is 2.33. The zero-order valence-electron chi connectivity index (χ0n) is 12.5. The van der Waals surface area contributed by atoms with Crippen LogP contribution in [0.2, 0.25) is 6.32 Å². The van der Waals surface area contributed by atoms with E-state index < -0.39 is 5.60 Å². The van der Waals surface area contributed by atoms with Gasteiger partial charge in [0.05, 0.1) is 11.7 Å². The maximum absolute atomic E-state index is 10.5. The SMILES string of the molecule is BCCOC(CC)C(CCCC)C(C)(O)CC. The molecule has 0 aromatic rings. The normalized spacial score (nSPS) is 18.6. The molecule has 3 atom stereocenters. The third-order valence-corrected chi connectivity index (χ3v) is 3.77. The summed E-state index contributed by atoms with van der Waals surface area (Å²) >= 11 is 0. The van der Waals surface area contributed by atoms with Gasteiger partial charge >= 0.3 is 0 Å². The summed E-state index contributed by atoms with van der Waals surface area (Å²) in [5.41, 5.74) is -0.594. The summed E-state index contributed by atoms with van der Waals surface area (Å²) in [6.45, 7) is 9.19. The van der Waals surface area contributed by atoms with Crippen molar-refractivity contribution in [1.82, 2.24) is 0 Å². The van der Waals surface area contributed by atoms with Gasteiger partial charge in [-0.05, 0) is 26.2 Å². The fraction of sp³-hybridized carbons (Fsp3) is 1.00. The van der Waals surface area contributed by atoms with E-state index in [0.717, 1.165) is 32.2 Å². The molecule has 0 radical (unpaired) electrons. The van der Waals surface area contributed by atoms with Crippen LogP contribution in [0.15, 0.2) is 0 Å². The largest absolute Gasteiger partial charge is 0.390 e. The molecule has 1 N–H and O–H groups in total. The molecule has 0 spiro atoms. The quantitative estimate of drug-likeness (QED) is 0.597. The number of hydrogen-bond acceptors (Lipinski definition) is 2. The van der Waals surface area contributed by atoms with Crippen LogP contribution in [0.4, 0.5) is 0 Å². The number of aliphatic hydroxyl groups is 1. The monoisotopic (exact) mass is 242 g/mol. The van der Waals surface area contributed by atoms with E-state index in [-0.39, 0.29) is 12.0 Å². The van der Waals surface area contributed by atoms with Crippen LogP contribution >= 0.6 is 0 Å². The van der Waals surface area contributed by atoms with E-state index in [9.17, 15) is 5.11 Å². The number of unbranched alkanes of at least 4 members (excludes halogenated alkanes) is 1. The third-order valence-electron chi connectivity index (χ3n) is 3.77. The molecule has 3 heteroatoms. The fourth-order valence-electron chi connectivity index (χ4n) is 2.37. The van der Waals surface area contributed by atoms with Crippen LogP contribution in [0.25, 0.3) is 0 Å². The highest BCUT2D eigenvalue weighted by atomic mass is 16.5. The molecule has 0 saturated carbocycles. The smallest absolute Gasteiger partial charge is 0.104 e. The van der Waals surface area contributed by atoms with Gasteiger partial charge in [-0.2, -0.15) is 0 Å². The Balaban J connectivity index is 4.61. The molecule has 0 saturated heterocycles. The zero-order chi connectivity index (χ0) is 13.3. The Hall–Kier alpha value is -0.0151. The van der Waals surface area contributed by atoms with Gasteiger partial charge in [0.2, 0.25) is 0 Å². The van der Waals surface area contributed by atoms with Gasteiger partial charge in [0, 0.05) is 12.5 Å². The molecule has 0 amide bonds. The number of rotatable bonds is 10. The molecule has 0 aromatic heterocycles. The van der Waals surface area contributed by atoms with Crippen molar-refractivity contribution in [2.75, 3.05) is 6.61 Å². The highest BCUT2D eigenvalue weighted by molar-refractivity contribution is 6.08. The Morgan fingerprint density at radius 3 is 2.35 bits per heavy atom. The maximum Gasteiger partial charge on any atom is 0.104 e. The first-order valence-corrected chi connectivity index (χ1v) is 7.37. The Morgan fingerprint density at radius 2 is 1.94 bits per heavy atom. The molecule has 0 fully saturated rings. The van der Waals surface area contributed by atoms with E-state index in [1.807, 2.05) is 6.92 Å². The maximum atomic E-state index is 10.5. The van der Waals surface area contributed by atoms with Crippen molar-refractivity contribution in [2.24, 2.45) is 5.92 Å². The van der Waals surface area contributed by atoms with E-state index in [1.54, 1.807) is 0 Å². The molecule has 0 bridgehead atoms. The molecule has 0 aromatic carbocycles. The summed E-state index contributed by atoms with van der Waals surface area (Å²) in [5, 5.41) is 10.5. The molecule has 0 aliphatic heterocycles. The number of ether oxygens (including phenoxy) is 1. The van der Waals surface area contributed by atoms with Gasteiger partial charge in [-0.3, -0.25) is 0 Å². The van der Waals surface area contributed by atoms with Crippen molar-refractivity contribution in [3.8, 4) is 0 Å². The molecular formula is C14H31BO2. The minimum Gasteiger partial charge on any atom is -0.390 e. The molecule has 0 rings (SSSR count). The van der Waals surface area contributed by atoms with E-state index in [4.69, 9.17) is 4.74 Å². The first-order chi connectivity index (χ1) is 8.03. The first kappa shape index (κ1) is 17.0. The van der Waals surface area contributed by atoms with Gasteiger partial charge in [0.1, 0.15) is 7.85 Å². The van der Waals surface area contributed by atoms with Gasteiger partial charge in [-0.1, -0.05) is 39.9 Å². The Labute approximate surface area is 109 Å². The number of hydrogen-bond donors (Lipinski definition) is 1. The van der Waals surface area contributed by atoms with E-state index in [1.165, 1.54) is 12.8 Å². The van der Waals surface area contributed by atoms with Crippen LogP contribution < -0.4 is 0 Å². The summed E-state index contributed by atoms with van der Waals surface area (Å²) in [6.07, 6.45) is 6.46. The summed E-state index contributed by atoms with van der Waals surface area (Å²) in [4.78, 5) is 0. The predicted octanol–water partition coefficient (Wildman–Crippen LogP) is 2.80. The van der Waals surface area contributed by atoms with Crippen molar-refractivity contribution in [3.05, 3.63) is 0 Å². The first-order valence-electron chi connectivity index (χ1n) is 7.37. The van der Waals surface area contributed by atoms with Gasteiger partial charge in [-0.15, -0.1) is 0 Å². The lowest BCUT2D eigenvalue weighted by Crippen LogP contribution is -2.42. The highest BCUT2D eigenvalue weighted by Crippen LogP contribution is 2.32. The van der Waals surface area contributed by atoms with E-state index >= 15 is 0 Å². The molecule has 102 valence electrons. The average molecular weight is 242 g/mol. The van der Waals surface area contributed by atoms with Crippen LogP contribution in [-0.4, -0.2) is 31.3 Å². The van der Waals surface area contributed by atoms with Crippen LogP contribution in [0.5, 0.6) is 0 Å². The van der Waals surface area contributed by atoms with Gasteiger partial charge in [0.15, 0.2) is 0 Å². The second-order valence-electron chi connectivity index (χ2n) is 5.28. The third kappa shape index (κ3) is 5.92. The fourth-order valence-corrected chi connectivity index (χ4v) is 2.37. The minimum atomic E-state index is -0.594. The minimum absolute atomic E-state index is 0.205. The Morgan fingerprint density at radius 1 is 1.29 bits per heavy atom. The Bertz CT molecular complexity index is 183. The second kappa shape index (κ2) is 8.99. The van der Waals surface area contributed by atoms with Gasteiger partial charge < -0.3 is 9.84 Å². The molecule has 17 heavy (non-hydrogen) atoms. The summed E-state index contributed by atoms with van der Waals surface area (Å²) in [7, 11) is 2.13. The van der Waals surface area contributed by atoms with Gasteiger partial charge in [-0.25, -0.2) is 0 Å². The molecule has 0 aliphatic rings. The molecule has 2 nitrogen and oxygen atoms in total. The molecule has 3 unspecified atom stereocenters. The summed E-state index contributed by atoms with van der Waals surface area (Å²) < 4.78 is 5.93. The van der Waals surface area contributed by atoms with Crippen molar-refractivity contribution in [1.29, 1.82) is 0 Å². The van der Waals surface area contributed by atoms with Crippen LogP contribution in [0, 0.1) is 5.92 Å². The summed E-state index contributed by atoms with van der Waals surface area (Å²) in [6, 6.07) is 0. The van der Waals surface area contributed by atoms with E-state index in [2.05, 4.69) is 28.6 Å². The topological polar surface area (TPSA) is 29.5 Å². The summed E-state index contributed by atoms with van der Waals surface area (Å²) in [5.74, 6) is 0.268. The van der Waals surface area contributed by atoms with Crippen LogP contribution in [-0.2, 0) is 4.74 Å². The second-order valence-corrected chi connectivity index (χ2v) is 5.28. The predicted molar refractivity (Wildman–Crippen MR) is 77.3 cm³/mol. The van der Waals surface area contributed by atoms with Crippen molar-refractivity contribution < 1.29 is 9.84 Å². The van der Waals surface area contributed by atoms with E-state index in [0.29, 0.717) is 0 Å². The lowest BCUT2D eigenvalue weighted by molar-refractivity contribution is -0.0900. The van der Waals surface area contributed by atoms with Crippen molar-refractivity contribution >= 4 is 7.85 Å². The van der Waals surface area contributed by atoms with Crippen LogP contribution in [0.3, 0.4) is 0 Å². The standard InChI is InChI=1S/C14H31BO2/c1-5-8-9-12(14(4,16)7-3)13(6-2)17-11-10-15/h12-13,16H,5-11,15H2,1-4H3. The molecule has 0 heterocycles. The lowest BCUT2D eigenvalue weighted by atomic mass is 9.78. The molecule has 0 aliphatic carbocycles. The van der Waals surface area contributed by atoms with Crippen molar-refractivity contribution in [3.63, 3.8) is 0 Å². The van der Waals surface area contributed by atoms with Crippen molar-refractivity contribution in [2.45, 2.75) is 77.8 Å². The highest BCUT2D eigenvalue weighted by Gasteiger charge is 2.35. The van der Waals surface area contributed by atoms with Gasteiger partial charge in [0.25, 0.3) is 0 Å². The Kier molecular flexibility index (Phi) is 8.98. The lowest BCUT2D eigenvalue weighted by Gasteiger charge is -2.37.